The summed E-state index contributed by atoms with van der Waals surface area (Å²) in [5, 5.41) is 0. The Morgan fingerprint density at radius 3 is 2.53 bits per heavy atom. The van der Waals surface area contributed by atoms with Gasteiger partial charge in [0, 0.05) is 26.3 Å². The first-order valence-corrected chi connectivity index (χ1v) is 6.41. The van der Waals surface area contributed by atoms with Crippen LogP contribution in [0, 0.1) is 5.92 Å². The third-order valence-electron chi connectivity index (χ3n) is 3.37. The van der Waals surface area contributed by atoms with Crippen molar-refractivity contribution in [1.29, 1.82) is 0 Å². The van der Waals surface area contributed by atoms with Crippen LogP contribution in [0.25, 0.3) is 0 Å². The first kappa shape index (κ1) is 12.2. The Morgan fingerprint density at radius 1 is 1.41 bits per heavy atom. The normalized spacial score (nSPS) is 15.4. The van der Waals surface area contributed by atoms with E-state index in [-0.39, 0.29) is 5.91 Å². The Bertz CT molecular complexity index is 414. The van der Waals surface area contributed by atoms with Gasteiger partial charge in [0.1, 0.15) is 5.69 Å². The highest BCUT2D eigenvalue weighted by Gasteiger charge is 2.26. The predicted molar refractivity (Wildman–Crippen MR) is 69.3 cm³/mol. The van der Waals surface area contributed by atoms with Gasteiger partial charge in [0.25, 0.3) is 5.91 Å². The number of carbonyl (C=O) groups excluding carboxylic acids is 1. The average Bonchev–Trinajstić information content (AvgIpc) is 2.95. The van der Waals surface area contributed by atoms with Gasteiger partial charge in [0.15, 0.2) is 0 Å². The Morgan fingerprint density at radius 2 is 2.06 bits per heavy atom. The fraction of sp³-hybridized carbons (Fsp3) is 0.643. The molecule has 2 rings (SSSR count). The minimum atomic E-state index is 0.109. The van der Waals surface area contributed by atoms with Crippen LogP contribution >= 0.6 is 0 Å². The fourth-order valence-corrected chi connectivity index (χ4v) is 2.17. The number of hydrogen-bond donors (Lipinski definition) is 0. The number of rotatable bonds is 4. The van der Waals surface area contributed by atoms with Crippen LogP contribution in [0.5, 0.6) is 0 Å². The van der Waals surface area contributed by atoms with E-state index in [4.69, 9.17) is 0 Å². The summed E-state index contributed by atoms with van der Waals surface area (Å²) < 4.78 is 2.23. The van der Waals surface area contributed by atoms with Crippen LogP contribution < -0.4 is 0 Å². The van der Waals surface area contributed by atoms with Crippen molar-refractivity contribution in [3.8, 4) is 0 Å². The zero-order valence-electron chi connectivity index (χ0n) is 11.2. The van der Waals surface area contributed by atoms with Crippen LogP contribution in [-0.4, -0.2) is 29.5 Å². The molecule has 1 fully saturated rings. The Kier molecular flexibility index (Phi) is 3.27. The summed E-state index contributed by atoms with van der Waals surface area (Å²) in [6, 6.07) is 4.07. The van der Waals surface area contributed by atoms with Crippen LogP contribution in [-0.2, 0) is 6.54 Å². The largest absolute Gasteiger partial charge is 0.343 e. The zero-order valence-corrected chi connectivity index (χ0v) is 11.2. The molecule has 3 nitrogen and oxygen atoms in total. The molecule has 1 heterocycles. The van der Waals surface area contributed by atoms with E-state index < -0.39 is 0 Å². The molecule has 0 N–H and O–H groups in total. The summed E-state index contributed by atoms with van der Waals surface area (Å²) in [6.45, 7) is 5.38. The molecule has 1 saturated carbocycles. The average molecular weight is 234 g/mol. The van der Waals surface area contributed by atoms with Gasteiger partial charge in [0.2, 0.25) is 0 Å². The maximum atomic E-state index is 12.1. The third kappa shape index (κ3) is 2.54. The van der Waals surface area contributed by atoms with Gasteiger partial charge in [0.05, 0.1) is 0 Å². The van der Waals surface area contributed by atoms with Crippen molar-refractivity contribution in [2.75, 3.05) is 14.1 Å². The molecule has 3 heteroatoms. The Hall–Kier alpha value is -1.25. The van der Waals surface area contributed by atoms with Gasteiger partial charge in [-0.25, -0.2) is 0 Å². The topological polar surface area (TPSA) is 25.2 Å². The van der Waals surface area contributed by atoms with Gasteiger partial charge in [-0.1, -0.05) is 13.8 Å². The van der Waals surface area contributed by atoms with Crippen molar-refractivity contribution in [1.82, 2.24) is 9.47 Å². The molecule has 0 aromatic carbocycles. The zero-order chi connectivity index (χ0) is 12.6. The number of hydrogen-bond acceptors (Lipinski definition) is 1. The van der Waals surface area contributed by atoms with Gasteiger partial charge in [-0.05, 0) is 36.8 Å². The first-order chi connectivity index (χ1) is 8.00. The monoisotopic (exact) mass is 234 g/mol. The molecule has 0 unspecified atom stereocenters. The van der Waals surface area contributed by atoms with Crippen molar-refractivity contribution in [3.05, 3.63) is 23.5 Å². The number of aromatic nitrogens is 1. The van der Waals surface area contributed by atoms with Crippen LogP contribution in [0.4, 0.5) is 0 Å². The highest BCUT2D eigenvalue weighted by molar-refractivity contribution is 5.92. The lowest BCUT2D eigenvalue weighted by Gasteiger charge is -2.17. The maximum absolute atomic E-state index is 12.1. The molecule has 0 atom stereocenters. The van der Waals surface area contributed by atoms with E-state index in [1.807, 2.05) is 20.2 Å². The summed E-state index contributed by atoms with van der Waals surface area (Å²) in [7, 11) is 3.62. The van der Waals surface area contributed by atoms with Gasteiger partial charge in [-0.2, -0.15) is 0 Å². The van der Waals surface area contributed by atoms with Gasteiger partial charge in [-0.15, -0.1) is 0 Å². The van der Waals surface area contributed by atoms with E-state index in [0.717, 1.165) is 18.2 Å². The summed E-state index contributed by atoms with van der Waals surface area (Å²) in [5.41, 5.74) is 2.12. The molecule has 17 heavy (non-hydrogen) atoms. The van der Waals surface area contributed by atoms with Crippen LogP contribution in [0.15, 0.2) is 12.1 Å². The SMILES string of the molecule is CC(C)c1ccc(C(=O)N(C)C)n1CC1CC1. The lowest BCUT2D eigenvalue weighted by molar-refractivity contribution is 0.0816. The lowest BCUT2D eigenvalue weighted by atomic mass is 10.1. The second-order valence-corrected chi connectivity index (χ2v) is 5.55. The number of nitrogens with zero attached hydrogens (tertiary/aromatic N) is 2. The van der Waals surface area contributed by atoms with Crippen molar-refractivity contribution in [3.63, 3.8) is 0 Å². The maximum Gasteiger partial charge on any atom is 0.269 e. The highest BCUT2D eigenvalue weighted by Crippen LogP contribution is 2.33. The molecule has 1 aromatic rings. The first-order valence-electron chi connectivity index (χ1n) is 6.41. The molecular formula is C14H22N2O. The molecule has 1 aliphatic rings. The molecule has 1 aliphatic carbocycles. The molecule has 0 spiro atoms. The molecule has 0 radical (unpaired) electrons. The minimum Gasteiger partial charge on any atom is -0.343 e. The van der Waals surface area contributed by atoms with E-state index in [1.54, 1.807) is 4.90 Å². The summed E-state index contributed by atoms with van der Waals surface area (Å²) in [6.07, 6.45) is 2.62. The second-order valence-electron chi connectivity index (χ2n) is 5.55. The summed E-state index contributed by atoms with van der Waals surface area (Å²) >= 11 is 0. The van der Waals surface area contributed by atoms with E-state index >= 15 is 0 Å². The van der Waals surface area contributed by atoms with Crippen molar-refractivity contribution < 1.29 is 4.79 Å². The van der Waals surface area contributed by atoms with E-state index in [0.29, 0.717) is 5.92 Å². The molecule has 1 amide bonds. The quantitative estimate of drug-likeness (QED) is 0.786. The van der Waals surface area contributed by atoms with E-state index in [1.165, 1.54) is 18.5 Å². The smallest absolute Gasteiger partial charge is 0.269 e. The Labute approximate surface area is 103 Å². The van der Waals surface area contributed by atoms with Crippen molar-refractivity contribution in [2.24, 2.45) is 5.92 Å². The molecule has 0 bridgehead atoms. The third-order valence-corrected chi connectivity index (χ3v) is 3.37. The van der Waals surface area contributed by atoms with Crippen LogP contribution in [0.2, 0.25) is 0 Å². The van der Waals surface area contributed by atoms with Gasteiger partial charge >= 0.3 is 0 Å². The predicted octanol–water partition coefficient (Wildman–Crippen LogP) is 2.72. The van der Waals surface area contributed by atoms with E-state index in [2.05, 4.69) is 24.5 Å². The molecule has 0 aliphatic heterocycles. The van der Waals surface area contributed by atoms with Crippen LogP contribution in [0.3, 0.4) is 0 Å². The lowest BCUT2D eigenvalue weighted by Crippen LogP contribution is -2.25. The number of amides is 1. The van der Waals surface area contributed by atoms with Crippen LogP contribution in [0.1, 0.15) is 48.8 Å². The Balaban J connectivity index is 2.33. The molecule has 0 saturated heterocycles. The van der Waals surface area contributed by atoms with Crippen molar-refractivity contribution >= 4 is 5.91 Å². The minimum absolute atomic E-state index is 0.109. The number of carbonyl (C=O) groups is 1. The molecule has 1 aromatic heterocycles. The van der Waals surface area contributed by atoms with Gasteiger partial charge < -0.3 is 9.47 Å². The molecule has 94 valence electrons. The second kappa shape index (κ2) is 4.55. The standard InChI is InChI=1S/C14H22N2O/c1-10(2)12-7-8-13(14(17)15(3)4)16(12)9-11-5-6-11/h7-8,10-11H,5-6,9H2,1-4H3. The molecular weight excluding hydrogens is 212 g/mol. The summed E-state index contributed by atoms with van der Waals surface area (Å²) in [4.78, 5) is 13.8. The summed E-state index contributed by atoms with van der Waals surface area (Å²) in [5.74, 6) is 1.36. The van der Waals surface area contributed by atoms with Crippen molar-refractivity contribution in [2.45, 2.75) is 39.2 Å². The van der Waals surface area contributed by atoms with Gasteiger partial charge in [-0.3, -0.25) is 4.79 Å². The van der Waals surface area contributed by atoms with E-state index in [9.17, 15) is 4.79 Å². The highest BCUT2D eigenvalue weighted by atomic mass is 16.2. The fourth-order valence-electron chi connectivity index (χ4n) is 2.17.